The normalized spacial score (nSPS) is 10.7. The third-order valence-electron chi connectivity index (χ3n) is 2.64. The van der Waals surface area contributed by atoms with Gasteiger partial charge in [-0.25, -0.2) is 0 Å². The Balaban J connectivity index is 1.91. The maximum absolute atomic E-state index is 11.6. The van der Waals surface area contributed by atoms with E-state index in [9.17, 15) is 9.90 Å². The van der Waals surface area contributed by atoms with E-state index < -0.39 is 0 Å². The molecule has 1 aromatic carbocycles. The van der Waals surface area contributed by atoms with Crippen LogP contribution in [0.1, 0.15) is 11.3 Å². The van der Waals surface area contributed by atoms with Crippen molar-refractivity contribution in [3.63, 3.8) is 0 Å². The zero-order valence-electron chi connectivity index (χ0n) is 11.0. The number of amides is 1. The van der Waals surface area contributed by atoms with Crippen LogP contribution in [0.4, 0.5) is 0 Å². The Morgan fingerprint density at radius 2 is 2.35 bits per heavy atom. The molecule has 0 saturated carbocycles. The van der Waals surface area contributed by atoms with Crippen LogP contribution in [-0.4, -0.2) is 28.3 Å². The van der Waals surface area contributed by atoms with Crippen LogP contribution in [0.25, 0.3) is 6.08 Å². The summed E-state index contributed by atoms with van der Waals surface area (Å²) in [6.07, 6.45) is 4.64. The number of nitrogens with one attached hydrogen (secondary N) is 2. The summed E-state index contributed by atoms with van der Waals surface area (Å²) in [4.78, 5) is 11.6. The van der Waals surface area contributed by atoms with Crippen LogP contribution < -0.4 is 10.1 Å². The summed E-state index contributed by atoms with van der Waals surface area (Å²) in [5.41, 5.74) is 1.54. The molecule has 3 N–H and O–H groups in total. The second-order valence-electron chi connectivity index (χ2n) is 4.06. The zero-order valence-corrected chi connectivity index (χ0v) is 11.0. The number of benzene rings is 1. The standard InChI is InChI=1S/C14H15N3O3/c1-20-13-4-2-10(8-12(13)18)3-5-14(19)15-9-11-6-7-16-17-11/h2-8,18H,9H2,1H3,(H,15,19)(H,16,17)/b5-3+. The SMILES string of the molecule is COc1ccc(/C=C/C(=O)NCc2ccn[nH]2)cc1O. The number of H-pyrrole nitrogens is 1. The van der Waals surface area contributed by atoms with Gasteiger partial charge in [-0.05, 0) is 29.8 Å². The van der Waals surface area contributed by atoms with Gasteiger partial charge in [0.05, 0.1) is 19.3 Å². The number of nitrogens with zero attached hydrogens (tertiary/aromatic N) is 1. The van der Waals surface area contributed by atoms with Crippen molar-refractivity contribution >= 4 is 12.0 Å². The summed E-state index contributed by atoms with van der Waals surface area (Å²) in [7, 11) is 1.48. The van der Waals surface area contributed by atoms with E-state index >= 15 is 0 Å². The number of phenols is 1. The number of rotatable bonds is 5. The molecule has 1 amide bonds. The third-order valence-corrected chi connectivity index (χ3v) is 2.64. The highest BCUT2D eigenvalue weighted by atomic mass is 16.5. The molecule has 0 aliphatic carbocycles. The highest BCUT2D eigenvalue weighted by molar-refractivity contribution is 5.91. The van der Waals surface area contributed by atoms with Crippen molar-refractivity contribution in [3.05, 3.63) is 47.8 Å². The first-order valence-corrected chi connectivity index (χ1v) is 6.00. The molecule has 20 heavy (non-hydrogen) atoms. The largest absolute Gasteiger partial charge is 0.504 e. The Bertz CT molecular complexity index is 606. The summed E-state index contributed by atoms with van der Waals surface area (Å²) in [6.45, 7) is 0.386. The molecule has 0 spiro atoms. The molecule has 0 fully saturated rings. The molecule has 2 aromatic rings. The number of methoxy groups -OCH3 is 1. The predicted molar refractivity (Wildman–Crippen MR) is 74.1 cm³/mol. The molecule has 6 heteroatoms. The van der Waals surface area contributed by atoms with Gasteiger partial charge in [0, 0.05) is 12.3 Å². The average Bonchev–Trinajstić information content (AvgIpc) is 2.96. The molecular formula is C14H15N3O3. The molecule has 0 radical (unpaired) electrons. The van der Waals surface area contributed by atoms with E-state index in [1.165, 1.54) is 19.3 Å². The van der Waals surface area contributed by atoms with E-state index in [1.54, 1.807) is 30.5 Å². The van der Waals surface area contributed by atoms with E-state index in [0.29, 0.717) is 17.9 Å². The van der Waals surface area contributed by atoms with E-state index in [-0.39, 0.29) is 11.7 Å². The van der Waals surface area contributed by atoms with Crippen LogP contribution in [-0.2, 0) is 11.3 Å². The van der Waals surface area contributed by atoms with Crippen molar-refractivity contribution in [2.24, 2.45) is 0 Å². The Morgan fingerprint density at radius 1 is 1.50 bits per heavy atom. The number of aromatic amines is 1. The first kappa shape index (κ1) is 13.7. The zero-order chi connectivity index (χ0) is 14.4. The molecule has 0 unspecified atom stereocenters. The fourth-order valence-electron chi connectivity index (χ4n) is 1.61. The summed E-state index contributed by atoms with van der Waals surface area (Å²) in [5.74, 6) is 0.202. The molecule has 0 saturated heterocycles. The Kier molecular flexibility index (Phi) is 4.39. The molecule has 6 nitrogen and oxygen atoms in total. The van der Waals surface area contributed by atoms with Crippen LogP contribution >= 0.6 is 0 Å². The maximum atomic E-state index is 11.6. The lowest BCUT2D eigenvalue weighted by atomic mass is 10.2. The average molecular weight is 273 g/mol. The Hall–Kier alpha value is -2.76. The monoisotopic (exact) mass is 273 g/mol. The summed E-state index contributed by atoms with van der Waals surface area (Å²) >= 11 is 0. The van der Waals surface area contributed by atoms with Gasteiger partial charge in [-0.3, -0.25) is 9.89 Å². The lowest BCUT2D eigenvalue weighted by Gasteiger charge is -2.03. The molecular weight excluding hydrogens is 258 g/mol. The molecule has 1 aromatic heterocycles. The van der Waals surface area contributed by atoms with Gasteiger partial charge in [-0.1, -0.05) is 6.07 Å². The van der Waals surface area contributed by atoms with E-state index in [4.69, 9.17) is 4.74 Å². The number of phenolic OH excluding ortho intramolecular Hbond substituents is 1. The van der Waals surface area contributed by atoms with Crippen LogP contribution in [0.5, 0.6) is 11.5 Å². The van der Waals surface area contributed by atoms with Crippen LogP contribution in [0.3, 0.4) is 0 Å². The molecule has 0 bridgehead atoms. The summed E-state index contributed by atoms with van der Waals surface area (Å²) < 4.78 is 4.94. The van der Waals surface area contributed by atoms with Gasteiger partial charge in [0.2, 0.25) is 5.91 Å². The lowest BCUT2D eigenvalue weighted by Crippen LogP contribution is -2.20. The van der Waals surface area contributed by atoms with Crippen molar-refractivity contribution in [1.82, 2.24) is 15.5 Å². The first-order chi connectivity index (χ1) is 9.69. The third kappa shape index (κ3) is 3.61. The second-order valence-corrected chi connectivity index (χ2v) is 4.06. The van der Waals surface area contributed by atoms with E-state index in [1.807, 2.05) is 0 Å². The molecule has 1 heterocycles. The van der Waals surface area contributed by atoms with Gasteiger partial charge in [0.1, 0.15) is 0 Å². The van der Waals surface area contributed by atoms with Gasteiger partial charge in [-0.15, -0.1) is 0 Å². The minimum Gasteiger partial charge on any atom is -0.504 e. The van der Waals surface area contributed by atoms with Gasteiger partial charge in [0.25, 0.3) is 0 Å². The molecule has 2 rings (SSSR count). The maximum Gasteiger partial charge on any atom is 0.244 e. The van der Waals surface area contributed by atoms with Crippen molar-refractivity contribution in [3.8, 4) is 11.5 Å². The number of carbonyl (C=O) groups is 1. The summed E-state index contributed by atoms with van der Waals surface area (Å²) in [6, 6.07) is 6.69. The van der Waals surface area contributed by atoms with Gasteiger partial charge in [0.15, 0.2) is 11.5 Å². The second kappa shape index (κ2) is 6.42. The highest BCUT2D eigenvalue weighted by Crippen LogP contribution is 2.26. The minimum atomic E-state index is -0.227. The fraction of sp³-hybridized carbons (Fsp3) is 0.143. The van der Waals surface area contributed by atoms with Crippen molar-refractivity contribution < 1.29 is 14.6 Å². The first-order valence-electron chi connectivity index (χ1n) is 6.00. The lowest BCUT2D eigenvalue weighted by molar-refractivity contribution is -0.116. The van der Waals surface area contributed by atoms with Crippen LogP contribution in [0, 0.1) is 0 Å². The minimum absolute atomic E-state index is 0.0347. The molecule has 0 aliphatic rings. The number of hydrogen-bond acceptors (Lipinski definition) is 4. The van der Waals surface area contributed by atoms with Gasteiger partial charge >= 0.3 is 0 Å². The van der Waals surface area contributed by atoms with Gasteiger partial charge in [-0.2, -0.15) is 5.10 Å². The van der Waals surface area contributed by atoms with Crippen molar-refractivity contribution in [1.29, 1.82) is 0 Å². The number of ether oxygens (including phenoxy) is 1. The Labute approximate surface area is 116 Å². The topological polar surface area (TPSA) is 87.2 Å². The Morgan fingerprint density at radius 3 is 3.00 bits per heavy atom. The number of carbonyl (C=O) groups excluding carboxylic acids is 1. The number of aromatic hydroxyl groups is 1. The van der Waals surface area contributed by atoms with Crippen LogP contribution in [0.2, 0.25) is 0 Å². The van der Waals surface area contributed by atoms with Crippen molar-refractivity contribution in [2.75, 3.05) is 7.11 Å². The van der Waals surface area contributed by atoms with E-state index in [0.717, 1.165) is 5.69 Å². The molecule has 0 atom stereocenters. The van der Waals surface area contributed by atoms with E-state index in [2.05, 4.69) is 15.5 Å². The summed E-state index contributed by atoms with van der Waals surface area (Å²) in [5, 5.41) is 18.9. The van der Waals surface area contributed by atoms with Crippen molar-refractivity contribution in [2.45, 2.75) is 6.54 Å². The number of aromatic nitrogens is 2. The van der Waals surface area contributed by atoms with Gasteiger partial charge < -0.3 is 15.2 Å². The molecule has 0 aliphatic heterocycles. The quantitative estimate of drug-likeness (QED) is 0.720. The smallest absolute Gasteiger partial charge is 0.244 e. The fourth-order valence-corrected chi connectivity index (χ4v) is 1.61. The predicted octanol–water partition coefficient (Wildman–Crippen LogP) is 1.45. The number of hydrogen-bond donors (Lipinski definition) is 3. The molecule has 104 valence electrons. The highest BCUT2D eigenvalue weighted by Gasteiger charge is 2.01. The van der Waals surface area contributed by atoms with Crippen LogP contribution in [0.15, 0.2) is 36.5 Å².